The van der Waals surface area contributed by atoms with Crippen LogP contribution in [0.5, 0.6) is 0 Å². The highest BCUT2D eigenvalue weighted by atomic mass is 16.6. The molecule has 0 aliphatic heterocycles. The number of para-hydroxylation sites is 2. The monoisotopic (exact) mass is 323 g/mol. The lowest BCUT2D eigenvalue weighted by atomic mass is 9.82. The van der Waals surface area contributed by atoms with Gasteiger partial charge in [0.2, 0.25) is 5.91 Å². The minimum atomic E-state index is -0.992. The van der Waals surface area contributed by atoms with Crippen molar-refractivity contribution >= 4 is 23.3 Å². The first-order valence-corrected chi connectivity index (χ1v) is 7.33. The molecule has 0 aromatic heterocycles. The number of carbonyl (C=O) groups is 2. The number of carboxylic acids is 1. The van der Waals surface area contributed by atoms with Crippen molar-refractivity contribution in [1.82, 2.24) is 5.32 Å². The van der Waals surface area contributed by atoms with Crippen molar-refractivity contribution in [3.05, 3.63) is 34.4 Å². The molecule has 0 saturated heterocycles. The maximum atomic E-state index is 11.9. The molecule has 0 aliphatic rings. The first-order chi connectivity index (χ1) is 10.9. The number of benzene rings is 1. The fourth-order valence-corrected chi connectivity index (χ4v) is 2.17. The van der Waals surface area contributed by atoms with Crippen LogP contribution >= 0.6 is 0 Å². The average Bonchev–Trinajstić information content (AvgIpc) is 2.54. The Labute approximate surface area is 134 Å². The fraction of sp³-hybridized carbons (Fsp3) is 0.467. The fourth-order valence-electron chi connectivity index (χ4n) is 2.17. The van der Waals surface area contributed by atoms with E-state index < -0.39 is 22.2 Å². The summed E-state index contributed by atoms with van der Waals surface area (Å²) >= 11 is 0. The smallest absolute Gasteiger partial charge is 0.311 e. The topological polar surface area (TPSA) is 122 Å². The average molecular weight is 323 g/mol. The van der Waals surface area contributed by atoms with Gasteiger partial charge in [0.05, 0.1) is 16.9 Å². The molecule has 8 heteroatoms. The van der Waals surface area contributed by atoms with Crippen LogP contribution in [0.3, 0.4) is 0 Å². The number of nitrogens with one attached hydrogen (secondary N) is 2. The van der Waals surface area contributed by atoms with Crippen LogP contribution < -0.4 is 10.6 Å². The van der Waals surface area contributed by atoms with Crippen LogP contribution in [0.1, 0.15) is 26.7 Å². The van der Waals surface area contributed by atoms with Gasteiger partial charge in [0.15, 0.2) is 0 Å². The zero-order valence-corrected chi connectivity index (χ0v) is 13.2. The quantitative estimate of drug-likeness (QED) is 0.472. The minimum absolute atomic E-state index is 0.0206. The predicted molar refractivity (Wildman–Crippen MR) is 85.2 cm³/mol. The molecule has 0 unspecified atom stereocenters. The molecule has 1 amide bonds. The third kappa shape index (κ3) is 4.67. The van der Waals surface area contributed by atoms with Crippen LogP contribution in [-0.2, 0) is 9.59 Å². The van der Waals surface area contributed by atoms with E-state index in [0.717, 1.165) is 0 Å². The number of nitro benzene ring substituents is 1. The van der Waals surface area contributed by atoms with E-state index in [1.165, 1.54) is 18.2 Å². The Kier molecular flexibility index (Phi) is 6.49. The first kappa shape index (κ1) is 18.4. The zero-order valence-electron chi connectivity index (χ0n) is 13.2. The van der Waals surface area contributed by atoms with Crippen molar-refractivity contribution < 1.29 is 19.6 Å². The number of anilines is 1. The summed E-state index contributed by atoms with van der Waals surface area (Å²) in [5, 5.41) is 25.4. The summed E-state index contributed by atoms with van der Waals surface area (Å²) in [6.45, 7) is 3.37. The summed E-state index contributed by atoms with van der Waals surface area (Å²) in [7, 11) is 0. The third-order valence-corrected chi connectivity index (χ3v) is 3.97. The van der Waals surface area contributed by atoms with Gasteiger partial charge in [-0.2, -0.15) is 0 Å². The normalized spacial score (nSPS) is 10.9. The molecule has 0 fully saturated rings. The minimum Gasteiger partial charge on any atom is -0.481 e. The molecule has 0 radical (unpaired) electrons. The summed E-state index contributed by atoms with van der Waals surface area (Å²) < 4.78 is 0. The number of amides is 1. The number of hydrogen-bond acceptors (Lipinski definition) is 5. The van der Waals surface area contributed by atoms with E-state index in [2.05, 4.69) is 10.6 Å². The lowest BCUT2D eigenvalue weighted by Crippen LogP contribution is -2.43. The molecular weight excluding hydrogens is 302 g/mol. The highest BCUT2D eigenvalue weighted by Crippen LogP contribution is 2.26. The second-order valence-electron chi connectivity index (χ2n) is 5.20. The Morgan fingerprint density at radius 2 is 1.87 bits per heavy atom. The second kappa shape index (κ2) is 8.11. The largest absolute Gasteiger partial charge is 0.481 e. The van der Waals surface area contributed by atoms with Crippen molar-refractivity contribution in [1.29, 1.82) is 0 Å². The molecule has 0 aliphatic carbocycles. The highest BCUT2D eigenvalue weighted by molar-refractivity contribution is 5.83. The first-order valence-electron chi connectivity index (χ1n) is 7.33. The van der Waals surface area contributed by atoms with Gasteiger partial charge in [0, 0.05) is 12.6 Å². The summed E-state index contributed by atoms with van der Waals surface area (Å²) in [5.74, 6) is -1.37. The zero-order chi connectivity index (χ0) is 17.5. The van der Waals surface area contributed by atoms with Crippen LogP contribution in [0, 0.1) is 15.5 Å². The Morgan fingerprint density at radius 1 is 1.26 bits per heavy atom. The Balaban J connectivity index is 2.62. The molecule has 8 nitrogen and oxygen atoms in total. The van der Waals surface area contributed by atoms with Crippen LogP contribution in [0.4, 0.5) is 11.4 Å². The standard InChI is InChI=1S/C15H21N3O5/c1-3-15(4-2,14(20)21)10-17-13(19)9-16-11-7-5-6-8-12(11)18(22)23/h5-8,16H,3-4,9-10H2,1-2H3,(H,17,19)(H,20,21). The molecule has 1 aromatic carbocycles. The number of carbonyl (C=O) groups excluding carboxylic acids is 1. The van der Waals surface area contributed by atoms with Gasteiger partial charge < -0.3 is 15.7 Å². The van der Waals surface area contributed by atoms with Gasteiger partial charge >= 0.3 is 5.97 Å². The van der Waals surface area contributed by atoms with Gasteiger partial charge in [-0.3, -0.25) is 19.7 Å². The van der Waals surface area contributed by atoms with Crippen LogP contribution in [0.25, 0.3) is 0 Å². The van der Waals surface area contributed by atoms with E-state index in [9.17, 15) is 24.8 Å². The lowest BCUT2D eigenvalue weighted by molar-refractivity contribution is -0.383. The molecule has 0 heterocycles. The maximum Gasteiger partial charge on any atom is 0.311 e. The van der Waals surface area contributed by atoms with Crippen LogP contribution in [0.15, 0.2) is 24.3 Å². The summed E-state index contributed by atoms with van der Waals surface area (Å²) in [5.41, 5.74) is -0.876. The molecule has 0 spiro atoms. The number of aliphatic carboxylic acids is 1. The van der Waals surface area contributed by atoms with E-state index in [4.69, 9.17) is 0 Å². The molecule has 0 bridgehead atoms. The van der Waals surface area contributed by atoms with Crippen molar-refractivity contribution in [3.8, 4) is 0 Å². The van der Waals surface area contributed by atoms with Crippen molar-refractivity contribution in [3.63, 3.8) is 0 Å². The lowest BCUT2D eigenvalue weighted by Gasteiger charge is -2.26. The van der Waals surface area contributed by atoms with Gasteiger partial charge in [0.1, 0.15) is 5.69 Å². The predicted octanol–water partition coefficient (Wildman–Crippen LogP) is 2.01. The van der Waals surface area contributed by atoms with Crippen LogP contribution in [0.2, 0.25) is 0 Å². The summed E-state index contributed by atoms with van der Waals surface area (Å²) in [6.07, 6.45) is 0.799. The number of nitro groups is 1. The SMILES string of the molecule is CCC(CC)(CNC(=O)CNc1ccccc1[N+](=O)[O-])C(=O)O. The van der Waals surface area contributed by atoms with E-state index in [-0.39, 0.29) is 24.5 Å². The number of nitrogens with zero attached hydrogens (tertiary/aromatic N) is 1. The number of rotatable bonds is 9. The van der Waals surface area contributed by atoms with Crippen molar-refractivity contribution in [2.45, 2.75) is 26.7 Å². The van der Waals surface area contributed by atoms with E-state index in [1.807, 2.05) is 0 Å². The number of hydrogen-bond donors (Lipinski definition) is 3. The van der Waals surface area contributed by atoms with Crippen molar-refractivity contribution in [2.75, 3.05) is 18.4 Å². The molecule has 23 heavy (non-hydrogen) atoms. The van der Waals surface area contributed by atoms with Gasteiger partial charge in [-0.1, -0.05) is 26.0 Å². The molecular formula is C15H21N3O5. The second-order valence-corrected chi connectivity index (χ2v) is 5.20. The van der Waals surface area contributed by atoms with Gasteiger partial charge in [-0.25, -0.2) is 0 Å². The van der Waals surface area contributed by atoms with E-state index >= 15 is 0 Å². The van der Waals surface area contributed by atoms with Gasteiger partial charge in [0.25, 0.3) is 5.69 Å². The van der Waals surface area contributed by atoms with Gasteiger partial charge in [-0.05, 0) is 18.9 Å². The van der Waals surface area contributed by atoms with Gasteiger partial charge in [-0.15, -0.1) is 0 Å². The molecule has 0 saturated carbocycles. The summed E-state index contributed by atoms with van der Waals surface area (Å²) in [6, 6.07) is 6.00. The third-order valence-electron chi connectivity index (χ3n) is 3.97. The molecule has 126 valence electrons. The van der Waals surface area contributed by atoms with Crippen molar-refractivity contribution in [2.24, 2.45) is 5.41 Å². The maximum absolute atomic E-state index is 11.9. The van der Waals surface area contributed by atoms with Crippen LogP contribution in [-0.4, -0.2) is 35.0 Å². The molecule has 1 rings (SSSR count). The number of carboxylic acid groups (broad SMARTS) is 1. The molecule has 1 aromatic rings. The van der Waals surface area contributed by atoms with E-state index in [0.29, 0.717) is 12.8 Å². The van der Waals surface area contributed by atoms with E-state index in [1.54, 1.807) is 19.9 Å². The Morgan fingerprint density at radius 3 is 2.39 bits per heavy atom. The highest BCUT2D eigenvalue weighted by Gasteiger charge is 2.35. The Bertz CT molecular complexity index is 584. The Hall–Kier alpha value is -2.64. The molecule has 3 N–H and O–H groups in total. The molecule has 0 atom stereocenters. The summed E-state index contributed by atoms with van der Waals surface area (Å²) in [4.78, 5) is 33.6.